The average Bonchev–Trinajstić information content (AvgIpc) is 3.12. The molecule has 1 aliphatic heterocycles. The molecule has 2 amide bonds. The summed E-state index contributed by atoms with van der Waals surface area (Å²) in [7, 11) is 0. The van der Waals surface area contributed by atoms with Crippen molar-refractivity contribution in [2.75, 3.05) is 6.54 Å². The number of rotatable bonds is 3. The summed E-state index contributed by atoms with van der Waals surface area (Å²) >= 11 is 6.79. The van der Waals surface area contributed by atoms with Gasteiger partial charge < -0.3 is 10.6 Å². The van der Waals surface area contributed by atoms with Crippen molar-refractivity contribution in [2.45, 2.75) is 12.5 Å². The maximum absolute atomic E-state index is 14.0. The quantitative estimate of drug-likeness (QED) is 0.900. The highest BCUT2D eigenvalue weighted by molar-refractivity contribution is 7.16. The summed E-state index contributed by atoms with van der Waals surface area (Å²) in [5.41, 5.74) is 0.246. The Kier molecular flexibility index (Phi) is 4.08. The van der Waals surface area contributed by atoms with Crippen molar-refractivity contribution in [3.63, 3.8) is 0 Å². The maximum Gasteiger partial charge on any atom is 0.263 e. The van der Waals surface area contributed by atoms with E-state index in [4.69, 9.17) is 11.6 Å². The van der Waals surface area contributed by atoms with Gasteiger partial charge in [0.05, 0.1) is 11.2 Å². The number of halogens is 2. The SMILES string of the molecule is O=C(N[C@H]1CCNC1=O)c1cnc(-c2cccc(Cl)c2F)s1. The second-order valence-electron chi connectivity index (χ2n) is 4.74. The van der Waals surface area contributed by atoms with Crippen LogP contribution in [0, 0.1) is 5.82 Å². The fourth-order valence-corrected chi connectivity index (χ4v) is 3.15. The molecule has 1 aromatic heterocycles. The monoisotopic (exact) mass is 339 g/mol. The minimum Gasteiger partial charge on any atom is -0.354 e. The smallest absolute Gasteiger partial charge is 0.263 e. The van der Waals surface area contributed by atoms with Crippen molar-refractivity contribution < 1.29 is 14.0 Å². The van der Waals surface area contributed by atoms with Crippen LogP contribution in [0.4, 0.5) is 4.39 Å². The number of aromatic nitrogens is 1. The van der Waals surface area contributed by atoms with Gasteiger partial charge in [-0.25, -0.2) is 9.37 Å². The molecule has 0 unspecified atom stereocenters. The maximum atomic E-state index is 14.0. The number of hydrogen-bond donors (Lipinski definition) is 2. The Labute approximate surface area is 134 Å². The second kappa shape index (κ2) is 6.02. The van der Waals surface area contributed by atoms with Crippen molar-refractivity contribution in [2.24, 2.45) is 0 Å². The van der Waals surface area contributed by atoms with E-state index in [1.54, 1.807) is 12.1 Å². The number of carbonyl (C=O) groups is 2. The van der Waals surface area contributed by atoms with E-state index in [1.807, 2.05) is 0 Å². The molecular weight excluding hydrogens is 329 g/mol. The fourth-order valence-electron chi connectivity index (χ4n) is 2.13. The van der Waals surface area contributed by atoms with Gasteiger partial charge in [0.25, 0.3) is 5.91 Å². The molecule has 2 heterocycles. The molecule has 1 atom stereocenters. The number of nitrogens with one attached hydrogen (secondary N) is 2. The Balaban J connectivity index is 1.80. The minimum absolute atomic E-state index is 0.00123. The standard InChI is InChI=1S/C14H11ClFN3O2S/c15-8-3-1-2-7(11(8)16)14-18-6-10(22-14)13(21)19-9-4-5-17-12(9)20/h1-3,6,9H,4-5H2,(H,17,20)(H,19,21)/t9-/m0/s1. The molecule has 114 valence electrons. The van der Waals surface area contributed by atoms with E-state index in [1.165, 1.54) is 12.3 Å². The molecule has 1 aromatic carbocycles. The van der Waals surface area contributed by atoms with Gasteiger partial charge in [0, 0.05) is 12.1 Å². The molecule has 22 heavy (non-hydrogen) atoms. The van der Waals surface area contributed by atoms with E-state index < -0.39 is 17.8 Å². The van der Waals surface area contributed by atoms with E-state index in [2.05, 4.69) is 15.6 Å². The third kappa shape index (κ3) is 2.82. The average molecular weight is 340 g/mol. The summed E-state index contributed by atoms with van der Waals surface area (Å²) < 4.78 is 14.0. The molecule has 2 N–H and O–H groups in total. The van der Waals surface area contributed by atoms with Crippen molar-refractivity contribution in [3.05, 3.63) is 40.1 Å². The van der Waals surface area contributed by atoms with Crippen molar-refractivity contribution in [3.8, 4) is 10.6 Å². The first-order valence-corrected chi connectivity index (χ1v) is 7.74. The molecule has 0 aliphatic carbocycles. The lowest BCUT2D eigenvalue weighted by molar-refractivity contribution is -0.120. The van der Waals surface area contributed by atoms with Crippen LogP contribution in [-0.2, 0) is 4.79 Å². The van der Waals surface area contributed by atoms with Gasteiger partial charge in [0.15, 0.2) is 5.82 Å². The molecule has 0 spiro atoms. The topological polar surface area (TPSA) is 71.1 Å². The predicted molar refractivity (Wildman–Crippen MR) is 81.4 cm³/mol. The molecule has 8 heteroatoms. The van der Waals surface area contributed by atoms with Gasteiger partial charge in [0.2, 0.25) is 5.91 Å². The lowest BCUT2D eigenvalue weighted by Gasteiger charge is -2.07. The van der Waals surface area contributed by atoms with E-state index in [-0.39, 0.29) is 16.5 Å². The third-order valence-electron chi connectivity index (χ3n) is 3.27. The molecule has 0 radical (unpaired) electrons. The highest BCUT2D eigenvalue weighted by Crippen LogP contribution is 2.30. The first kappa shape index (κ1) is 14.9. The molecule has 0 saturated carbocycles. The summed E-state index contributed by atoms with van der Waals surface area (Å²) in [6.07, 6.45) is 1.92. The van der Waals surface area contributed by atoms with Gasteiger partial charge in [-0.3, -0.25) is 9.59 Å². The number of nitrogens with zero attached hydrogens (tertiary/aromatic N) is 1. The van der Waals surface area contributed by atoms with Crippen LogP contribution < -0.4 is 10.6 Å². The van der Waals surface area contributed by atoms with Gasteiger partial charge in [-0.05, 0) is 18.6 Å². The van der Waals surface area contributed by atoms with E-state index in [9.17, 15) is 14.0 Å². The first-order chi connectivity index (χ1) is 10.6. The molecular formula is C14H11ClFN3O2S. The Hall–Kier alpha value is -1.99. The predicted octanol–water partition coefficient (Wildman–Crippen LogP) is 2.22. The molecule has 1 fully saturated rings. The number of amides is 2. The minimum atomic E-state index is -0.569. The van der Waals surface area contributed by atoms with Gasteiger partial charge in [-0.15, -0.1) is 11.3 Å². The number of carbonyl (C=O) groups excluding carboxylic acids is 2. The number of thiazole rings is 1. The second-order valence-corrected chi connectivity index (χ2v) is 6.17. The summed E-state index contributed by atoms with van der Waals surface area (Å²) in [5, 5.41) is 5.64. The third-order valence-corrected chi connectivity index (χ3v) is 4.59. The Morgan fingerprint density at radius 1 is 1.50 bits per heavy atom. The number of benzene rings is 1. The molecule has 0 bridgehead atoms. The van der Waals surface area contributed by atoms with E-state index in [0.717, 1.165) is 11.3 Å². The fraction of sp³-hybridized carbons (Fsp3) is 0.214. The van der Waals surface area contributed by atoms with Gasteiger partial charge >= 0.3 is 0 Å². The zero-order valence-corrected chi connectivity index (χ0v) is 12.8. The zero-order chi connectivity index (χ0) is 15.7. The first-order valence-electron chi connectivity index (χ1n) is 6.55. The van der Waals surface area contributed by atoms with Gasteiger partial charge in [0.1, 0.15) is 15.9 Å². The largest absolute Gasteiger partial charge is 0.354 e. The lowest BCUT2D eigenvalue weighted by atomic mass is 10.2. The Morgan fingerprint density at radius 2 is 2.32 bits per heavy atom. The van der Waals surface area contributed by atoms with Gasteiger partial charge in [-0.1, -0.05) is 17.7 Å². The van der Waals surface area contributed by atoms with Crippen molar-refractivity contribution >= 4 is 34.8 Å². The van der Waals surface area contributed by atoms with Crippen LogP contribution in [-0.4, -0.2) is 29.4 Å². The summed E-state index contributed by atoms with van der Waals surface area (Å²) in [6, 6.07) is 4.08. The zero-order valence-electron chi connectivity index (χ0n) is 11.2. The van der Waals surface area contributed by atoms with Gasteiger partial charge in [-0.2, -0.15) is 0 Å². The van der Waals surface area contributed by atoms with Crippen LogP contribution in [0.3, 0.4) is 0 Å². The highest BCUT2D eigenvalue weighted by Gasteiger charge is 2.26. The van der Waals surface area contributed by atoms with Crippen LogP contribution >= 0.6 is 22.9 Å². The highest BCUT2D eigenvalue weighted by atomic mass is 35.5. The van der Waals surface area contributed by atoms with Crippen LogP contribution in [0.2, 0.25) is 5.02 Å². The van der Waals surface area contributed by atoms with Crippen LogP contribution in [0.5, 0.6) is 0 Å². The summed E-state index contributed by atoms with van der Waals surface area (Å²) in [4.78, 5) is 27.9. The van der Waals surface area contributed by atoms with Crippen LogP contribution in [0.1, 0.15) is 16.1 Å². The Bertz CT molecular complexity index is 749. The Morgan fingerprint density at radius 3 is 3.05 bits per heavy atom. The van der Waals surface area contributed by atoms with Crippen LogP contribution in [0.25, 0.3) is 10.6 Å². The summed E-state index contributed by atoms with van der Waals surface area (Å²) in [5.74, 6) is -1.16. The lowest BCUT2D eigenvalue weighted by Crippen LogP contribution is -2.39. The van der Waals surface area contributed by atoms with Crippen molar-refractivity contribution in [1.82, 2.24) is 15.6 Å². The molecule has 3 rings (SSSR count). The van der Waals surface area contributed by atoms with Crippen LogP contribution in [0.15, 0.2) is 24.4 Å². The molecule has 1 saturated heterocycles. The normalized spacial score (nSPS) is 17.4. The summed E-state index contributed by atoms with van der Waals surface area (Å²) in [6.45, 7) is 0.547. The number of hydrogen-bond acceptors (Lipinski definition) is 4. The molecule has 2 aromatic rings. The molecule has 1 aliphatic rings. The van der Waals surface area contributed by atoms with Crippen molar-refractivity contribution in [1.29, 1.82) is 0 Å². The van der Waals surface area contributed by atoms with E-state index >= 15 is 0 Å². The molecule has 5 nitrogen and oxygen atoms in total. The van der Waals surface area contributed by atoms with E-state index in [0.29, 0.717) is 22.9 Å².